The third kappa shape index (κ3) is 9.32. The first-order chi connectivity index (χ1) is 12.7. The first-order valence-electron chi connectivity index (χ1n) is 7.78. The van der Waals surface area contributed by atoms with Gasteiger partial charge in [0.05, 0.1) is 11.2 Å². The summed E-state index contributed by atoms with van der Waals surface area (Å²) >= 11 is 13.0. The molecule has 1 aromatic rings. The van der Waals surface area contributed by atoms with Crippen molar-refractivity contribution in [3.8, 4) is 5.75 Å². The van der Waals surface area contributed by atoms with Crippen molar-refractivity contribution in [3.05, 3.63) is 22.4 Å². The summed E-state index contributed by atoms with van der Waals surface area (Å²) in [7, 11) is 0. The van der Waals surface area contributed by atoms with Crippen molar-refractivity contribution in [2.75, 3.05) is 5.75 Å². The molecule has 0 unspecified atom stereocenters. The van der Waals surface area contributed by atoms with Crippen LogP contribution >= 0.6 is 35.0 Å². The van der Waals surface area contributed by atoms with E-state index >= 15 is 0 Å². The fraction of sp³-hybridized carbons (Fsp3) is 0.500. The first kappa shape index (κ1) is 31.7. The van der Waals surface area contributed by atoms with Crippen LogP contribution in [0.25, 0.3) is 0 Å². The van der Waals surface area contributed by atoms with E-state index in [1.807, 2.05) is 0 Å². The van der Waals surface area contributed by atoms with Crippen LogP contribution in [0, 0.1) is 0 Å². The number of hydrogen-bond donors (Lipinski definition) is 0. The van der Waals surface area contributed by atoms with Gasteiger partial charge in [0.2, 0.25) is 0 Å². The normalized spacial score (nSPS) is 22.2. The van der Waals surface area contributed by atoms with Crippen molar-refractivity contribution in [1.82, 2.24) is 4.98 Å². The molecule has 0 N–H and O–H groups in total. The van der Waals surface area contributed by atoms with Crippen LogP contribution in [0.1, 0.15) is 20.8 Å². The van der Waals surface area contributed by atoms with E-state index < -0.39 is 41.7 Å². The number of esters is 3. The van der Waals surface area contributed by atoms with Crippen molar-refractivity contribution in [2.45, 2.75) is 44.5 Å². The average Bonchev–Trinajstić information content (AvgIpc) is 2.55. The molecule has 30 heavy (non-hydrogen) atoms. The van der Waals surface area contributed by atoms with Crippen LogP contribution in [0.3, 0.4) is 0 Å². The topological polar surface area (TPSA) is 101 Å². The molecule has 1 fully saturated rings. The third-order valence-electron chi connectivity index (χ3n) is 3.33. The van der Waals surface area contributed by atoms with E-state index in [2.05, 4.69) is 4.98 Å². The van der Waals surface area contributed by atoms with E-state index in [9.17, 15) is 14.4 Å². The van der Waals surface area contributed by atoms with Gasteiger partial charge in [-0.25, -0.2) is 4.98 Å². The number of pyridine rings is 1. The fourth-order valence-corrected chi connectivity index (χ4v) is 3.89. The second-order valence-electron chi connectivity index (χ2n) is 5.56. The van der Waals surface area contributed by atoms with Crippen molar-refractivity contribution >= 4 is 52.9 Å². The Hall–Kier alpha value is -0.507. The molecule has 2 rings (SSSR count). The predicted octanol–water partition coefficient (Wildman–Crippen LogP) is -3.36. The van der Waals surface area contributed by atoms with Crippen LogP contribution in [0.5, 0.6) is 5.75 Å². The summed E-state index contributed by atoms with van der Waals surface area (Å²) in [5, 5.41) is 0.304. The summed E-state index contributed by atoms with van der Waals surface area (Å²) in [5.41, 5.74) is -0.760. The van der Waals surface area contributed by atoms with Gasteiger partial charge in [0.25, 0.3) is 0 Å². The maximum absolute atomic E-state index is 11.6. The van der Waals surface area contributed by atoms with Crippen LogP contribution in [-0.2, 0) is 48.1 Å². The summed E-state index contributed by atoms with van der Waals surface area (Å²) in [6.45, 7) is 3.65. The zero-order valence-electron chi connectivity index (χ0n) is 16.1. The van der Waals surface area contributed by atoms with Crippen LogP contribution in [0.4, 0.5) is 0 Å². The zero-order chi connectivity index (χ0) is 20.1. The van der Waals surface area contributed by atoms with Gasteiger partial charge >= 0.3 is 37.4 Å². The number of carbonyl (C=O) groups excluding carboxylic acids is 3. The molecule has 2 heterocycles. The molecule has 0 amide bonds. The van der Waals surface area contributed by atoms with Gasteiger partial charge in [-0.2, -0.15) is 0 Å². The van der Waals surface area contributed by atoms with Gasteiger partial charge in [0.1, 0.15) is 10.9 Å². The monoisotopic (exact) mass is 571 g/mol. The number of ether oxygens (including phenoxy) is 4. The molecule has 8 nitrogen and oxygen atoms in total. The molecule has 0 saturated carbocycles. The van der Waals surface area contributed by atoms with Crippen LogP contribution in [0.2, 0.25) is 10.2 Å². The van der Waals surface area contributed by atoms with Gasteiger partial charge in [-0.05, 0) is 0 Å². The van der Waals surface area contributed by atoms with Crippen LogP contribution in [-0.4, -0.2) is 52.4 Å². The molecule has 0 radical (unpaired) electrons. The van der Waals surface area contributed by atoms with Gasteiger partial charge in [0.15, 0.2) is 23.7 Å². The summed E-state index contributed by atoms with van der Waals surface area (Å²) in [5.74, 6) is -1.23. The number of nitrogens with zero attached hydrogens (tertiary/aromatic N) is 1. The van der Waals surface area contributed by atoms with Crippen LogP contribution < -0.4 is 29.6 Å². The van der Waals surface area contributed by atoms with Gasteiger partial charge in [-0.15, -0.1) is 11.8 Å². The molecule has 0 aromatic carbocycles. The van der Waals surface area contributed by atoms with Gasteiger partial charge in [-0.3, -0.25) is 14.4 Å². The largest absolute Gasteiger partial charge is 2.00 e. The molecule has 1 aromatic heterocycles. The van der Waals surface area contributed by atoms with Crippen molar-refractivity contribution < 1.29 is 77.6 Å². The molecule has 0 aliphatic carbocycles. The minimum atomic E-state index is -1.03. The van der Waals surface area contributed by atoms with E-state index in [1.165, 1.54) is 44.8 Å². The fourth-order valence-electron chi connectivity index (χ4n) is 2.41. The van der Waals surface area contributed by atoms with E-state index in [0.29, 0.717) is 0 Å². The summed E-state index contributed by atoms with van der Waals surface area (Å²) < 4.78 is 21.6. The van der Waals surface area contributed by atoms with Gasteiger partial charge < -0.3 is 43.8 Å². The predicted molar refractivity (Wildman–Crippen MR) is 97.8 cm³/mol. The average molecular weight is 575 g/mol. The second-order valence-corrected chi connectivity index (χ2v) is 7.46. The Morgan fingerprint density at radius 2 is 1.53 bits per heavy atom. The molecule has 0 spiro atoms. The minimum Gasteiger partial charge on any atom is -1.00 e. The summed E-state index contributed by atoms with van der Waals surface area (Å²) in [4.78, 5) is 38.4. The molecule has 0 bridgehead atoms. The Kier molecular flexibility index (Phi) is 15.3. The molecular formula is C16H17Cl4NO7SZn. The van der Waals surface area contributed by atoms with Crippen LogP contribution in [0.15, 0.2) is 12.3 Å². The number of carbonyl (C=O) groups is 3. The molecule has 1 aliphatic rings. The SMILES string of the molecule is CC(=O)O[C@@H]1[C@@H](OC(C)=O)[C@H](OC(C)=O)CS[C@H]1Oc1cnc(Cl)c(Cl)c1.[Cl-].[Cl-].[Zn+2]. The Morgan fingerprint density at radius 1 is 1.00 bits per heavy atom. The number of thioether (sulfide) groups is 1. The Bertz CT molecular complexity index is 746. The van der Waals surface area contributed by atoms with E-state index in [1.54, 1.807) is 0 Å². The van der Waals surface area contributed by atoms with E-state index in [0.717, 1.165) is 0 Å². The molecule has 14 heteroatoms. The molecule has 1 aliphatic heterocycles. The van der Waals surface area contributed by atoms with Crippen molar-refractivity contribution in [3.63, 3.8) is 0 Å². The van der Waals surface area contributed by atoms with E-state index in [4.69, 9.17) is 42.1 Å². The maximum atomic E-state index is 11.6. The number of hydrogen-bond acceptors (Lipinski definition) is 9. The maximum Gasteiger partial charge on any atom is 2.00 e. The Morgan fingerprint density at radius 3 is 2.03 bits per heavy atom. The number of aromatic nitrogens is 1. The number of halogens is 4. The zero-order valence-corrected chi connectivity index (χ0v) is 22.9. The second kappa shape index (κ2) is 14.5. The summed E-state index contributed by atoms with van der Waals surface area (Å²) in [6.07, 6.45) is -1.49. The molecule has 1 saturated heterocycles. The Labute approximate surface area is 213 Å². The summed E-state index contributed by atoms with van der Waals surface area (Å²) in [6, 6.07) is 1.46. The third-order valence-corrected chi connectivity index (χ3v) is 5.23. The quantitative estimate of drug-likeness (QED) is 0.155. The van der Waals surface area contributed by atoms with Crippen molar-refractivity contribution in [2.24, 2.45) is 0 Å². The molecule has 164 valence electrons. The standard InChI is InChI=1S/C16H17Cl2NO7S.2ClH.Zn/c1-7(20)23-12-6-27-16(26-10-4-11(17)15(18)19-5-10)14(25-9(3)22)13(12)24-8(2)21;;;/h4-5,12-14,16H,6H2,1-3H3;2*1H;/q;;;+2/p-2/t12-,13+,14-,16-;;;/m1.../s1. The van der Waals surface area contributed by atoms with Crippen molar-refractivity contribution in [1.29, 1.82) is 0 Å². The minimum absolute atomic E-state index is 0. The molecular weight excluding hydrogens is 557 g/mol. The van der Waals surface area contributed by atoms with Gasteiger partial charge in [0, 0.05) is 32.6 Å². The first-order valence-corrected chi connectivity index (χ1v) is 9.58. The molecule has 4 atom stereocenters. The smallest absolute Gasteiger partial charge is 1.00 e. The van der Waals surface area contributed by atoms with E-state index in [-0.39, 0.29) is 66.0 Å². The number of rotatable bonds is 5. The Balaban J connectivity index is 0. The van der Waals surface area contributed by atoms with Gasteiger partial charge in [-0.1, -0.05) is 23.2 Å².